The summed E-state index contributed by atoms with van der Waals surface area (Å²) in [4.78, 5) is 37.4. The smallest absolute Gasteiger partial charge is 0.306 e. The Balaban J connectivity index is 4.15. The SMILES string of the molecule is CC/C=C\C/C=C\C/C=C\C/C=C\CCCCCCCCCCCCCCCCC(=O)OC(COC(=O)CCCCCCCCCCCCCCCCCCCCCCCCC)COC(OCC[N+](C)(C)C)C(=O)[O-]. The second-order valence-corrected chi connectivity index (χ2v) is 22.7. The van der Waals surface area contributed by atoms with E-state index >= 15 is 0 Å². The average molecular weight is 1060 g/mol. The lowest BCUT2D eigenvalue weighted by Crippen LogP contribution is -2.44. The normalized spacial score (nSPS) is 13.0. The third-order valence-corrected chi connectivity index (χ3v) is 14.1. The van der Waals surface area contributed by atoms with Gasteiger partial charge in [0.2, 0.25) is 0 Å². The monoisotopic (exact) mass is 1060 g/mol. The zero-order valence-electron chi connectivity index (χ0n) is 49.9. The summed E-state index contributed by atoms with van der Waals surface area (Å²) in [7, 11) is 5.93. The molecule has 0 N–H and O–H groups in total. The Bertz CT molecular complexity index is 1370. The third kappa shape index (κ3) is 58.8. The first-order chi connectivity index (χ1) is 36.6. The molecule has 0 aliphatic carbocycles. The molecule has 0 saturated heterocycles. The minimum Gasteiger partial charge on any atom is -0.545 e. The summed E-state index contributed by atoms with van der Waals surface area (Å²) in [6, 6.07) is 0. The van der Waals surface area contributed by atoms with Crippen LogP contribution in [-0.2, 0) is 33.3 Å². The molecule has 0 aromatic carbocycles. The second-order valence-electron chi connectivity index (χ2n) is 22.7. The Hall–Kier alpha value is -2.75. The van der Waals surface area contributed by atoms with Crippen molar-refractivity contribution >= 4 is 17.9 Å². The van der Waals surface area contributed by atoms with Crippen LogP contribution in [0.5, 0.6) is 0 Å². The number of nitrogens with zero attached hydrogens (tertiary/aromatic N) is 1. The van der Waals surface area contributed by atoms with Crippen molar-refractivity contribution in [2.45, 2.75) is 309 Å². The summed E-state index contributed by atoms with van der Waals surface area (Å²) in [5.74, 6) is -2.26. The molecule has 0 rings (SSSR count). The molecule has 0 aliphatic heterocycles. The van der Waals surface area contributed by atoms with Crippen molar-refractivity contribution in [1.82, 2.24) is 0 Å². The van der Waals surface area contributed by atoms with Gasteiger partial charge in [-0.15, -0.1) is 0 Å². The lowest BCUT2D eigenvalue weighted by molar-refractivity contribution is -0.870. The van der Waals surface area contributed by atoms with Crippen molar-refractivity contribution in [2.24, 2.45) is 0 Å². The summed E-state index contributed by atoms with van der Waals surface area (Å²) >= 11 is 0. The molecule has 0 aromatic rings. The van der Waals surface area contributed by atoms with Crippen LogP contribution in [0.15, 0.2) is 48.6 Å². The van der Waals surface area contributed by atoms with E-state index in [2.05, 4.69) is 62.5 Å². The highest BCUT2D eigenvalue weighted by Crippen LogP contribution is 2.18. The molecule has 0 fully saturated rings. The summed E-state index contributed by atoms with van der Waals surface area (Å²) in [5.41, 5.74) is 0. The number of rotatable bonds is 59. The van der Waals surface area contributed by atoms with E-state index in [1.807, 2.05) is 21.1 Å². The van der Waals surface area contributed by atoms with Crippen molar-refractivity contribution < 1.29 is 42.9 Å². The number of carbonyl (C=O) groups excluding carboxylic acids is 3. The zero-order chi connectivity index (χ0) is 54.8. The molecule has 438 valence electrons. The molecule has 0 saturated carbocycles. The number of hydrogen-bond acceptors (Lipinski definition) is 8. The predicted molar refractivity (Wildman–Crippen MR) is 315 cm³/mol. The molecule has 0 bridgehead atoms. The molecule has 9 heteroatoms. The van der Waals surface area contributed by atoms with E-state index in [4.69, 9.17) is 18.9 Å². The van der Waals surface area contributed by atoms with Gasteiger partial charge in [0.25, 0.3) is 0 Å². The topological polar surface area (TPSA) is 111 Å². The number of ether oxygens (including phenoxy) is 4. The van der Waals surface area contributed by atoms with Gasteiger partial charge in [0.1, 0.15) is 13.2 Å². The molecule has 0 heterocycles. The third-order valence-electron chi connectivity index (χ3n) is 14.1. The summed E-state index contributed by atoms with van der Waals surface area (Å²) in [6.45, 7) is 4.69. The van der Waals surface area contributed by atoms with Crippen LogP contribution in [0.2, 0.25) is 0 Å². The van der Waals surface area contributed by atoms with E-state index in [0.717, 1.165) is 57.8 Å². The average Bonchev–Trinajstić information content (AvgIpc) is 3.38. The standard InChI is InChI=1S/C66H121NO8/c1-6-8-10-12-14-16-18-20-22-24-26-28-30-31-32-33-35-37-39-41-43-45-47-49-51-53-55-57-64(69)75-62(61-74-66(65(70)71)72-59-58-67(3,4)5)60-73-63(68)56-54-52-50-48-46-44-42-40-38-36-34-29-27-25-23-21-19-17-15-13-11-9-7-2/h8,10,14,16,20,22,26,28,62,66H,6-7,9,11-13,15,17-19,21,23-25,27,29-61H2,1-5H3/b10-8-,16-14-,22-20-,28-26-. The largest absolute Gasteiger partial charge is 0.545 e. The van der Waals surface area contributed by atoms with Gasteiger partial charge < -0.3 is 33.3 Å². The molecule has 75 heavy (non-hydrogen) atoms. The molecule has 9 nitrogen and oxygen atoms in total. The molecule has 0 aromatic heterocycles. The molecular weight excluding hydrogens is 935 g/mol. The number of esters is 2. The number of hydrogen-bond donors (Lipinski definition) is 0. The van der Waals surface area contributed by atoms with Crippen molar-refractivity contribution in [3.8, 4) is 0 Å². The number of allylic oxidation sites excluding steroid dienone is 8. The highest BCUT2D eigenvalue weighted by atomic mass is 16.7. The molecule has 2 unspecified atom stereocenters. The van der Waals surface area contributed by atoms with Crippen molar-refractivity contribution in [1.29, 1.82) is 0 Å². The highest BCUT2D eigenvalue weighted by Gasteiger charge is 2.22. The Labute approximate surface area is 463 Å². The molecule has 0 spiro atoms. The minimum absolute atomic E-state index is 0.149. The van der Waals surface area contributed by atoms with Crippen LogP contribution in [-0.4, -0.2) is 82.3 Å². The second kappa shape index (κ2) is 57.4. The number of carboxylic acids is 1. The maximum Gasteiger partial charge on any atom is 0.306 e. The first kappa shape index (κ1) is 72.2. The number of aliphatic carboxylic acids is 1. The van der Waals surface area contributed by atoms with Crippen molar-refractivity contribution in [3.05, 3.63) is 48.6 Å². The maximum atomic E-state index is 12.9. The van der Waals surface area contributed by atoms with Gasteiger partial charge in [0.05, 0.1) is 40.3 Å². The van der Waals surface area contributed by atoms with E-state index in [9.17, 15) is 19.5 Å². The molecule has 0 aliphatic rings. The Kier molecular flexibility index (Phi) is 55.3. The predicted octanol–water partition coefficient (Wildman–Crippen LogP) is 17.7. The molecule has 0 radical (unpaired) electrons. The molecule has 0 amide bonds. The Morgan fingerprint density at radius 3 is 1.13 bits per heavy atom. The summed E-state index contributed by atoms with van der Waals surface area (Å²) < 4.78 is 22.8. The van der Waals surface area contributed by atoms with E-state index in [0.29, 0.717) is 23.9 Å². The van der Waals surface area contributed by atoms with Crippen LogP contribution in [0.4, 0.5) is 0 Å². The highest BCUT2D eigenvalue weighted by molar-refractivity contribution is 5.70. The van der Waals surface area contributed by atoms with Crippen LogP contribution in [0, 0.1) is 0 Å². The number of unbranched alkanes of at least 4 members (excludes halogenated alkanes) is 36. The van der Waals surface area contributed by atoms with Crippen molar-refractivity contribution in [3.63, 3.8) is 0 Å². The number of quaternary nitrogens is 1. The van der Waals surface area contributed by atoms with Crippen LogP contribution in [0.3, 0.4) is 0 Å². The van der Waals surface area contributed by atoms with Gasteiger partial charge in [-0.2, -0.15) is 0 Å². The maximum absolute atomic E-state index is 12.9. The van der Waals surface area contributed by atoms with Gasteiger partial charge in [-0.25, -0.2) is 0 Å². The van der Waals surface area contributed by atoms with Gasteiger partial charge in [0.15, 0.2) is 12.4 Å². The lowest BCUT2D eigenvalue weighted by atomic mass is 10.0. The number of carbonyl (C=O) groups is 3. The van der Waals surface area contributed by atoms with Crippen molar-refractivity contribution in [2.75, 3.05) is 47.5 Å². The van der Waals surface area contributed by atoms with E-state index in [1.165, 1.54) is 205 Å². The fourth-order valence-electron chi connectivity index (χ4n) is 9.24. The van der Waals surface area contributed by atoms with Gasteiger partial charge in [-0.3, -0.25) is 9.59 Å². The van der Waals surface area contributed by atoms with Crippen LogP contribution < -0.4 is 5.11 Å². The van der Waals surface area contributed by atoms with Gasteiger partial charge in [-0.1, -0.05) is 281 Å². The fraction of sp³-hybridized carbons (Fsp3) is 0.833. The van der Waals surface area contributed by atoms with Crippen LogP contribution >= 0.6 is 0 Å². The number of carboxylic acid groups (broad SMARTS) is 1. The molecular formula is C66H121NO8. The zero-order valence-corrected chi connectivity index (χ0v) is 49.9. The summed E-state index contributed by atoms with van der Waals surface area (Å²) in [5, 5.41) is 11.8. The van der Waals surface area contributed by atoms with E-state index in [-0.39, 0.29) is 32.2 Å². The van der Waals surface area contributed by atoms with Gasteiger partial charge in [-0.05, 0) is 51.4 Å². The van der Waals surface area contributed by atoms with E-state index < -0.39 is 24.3 Å². The van der Waals surface area contributed by atoms with Gasteiger partial charge in [0, 0.05) is 12.8 Å². The van der Waals surface area contributed by atoms with Crippen LogP contribution in [0.25, 0.3) is 0 Å². The Morgan fingerprint density at radius 1 is 0.413 bits per heavy atom. The first-order valence-electron chi connectivity index (χ1n) is 31.8. The first-order valence-corrected chi connectivity index (χ1v) is 31.8. The number of likely N-dealkylation sites (N-methyl/N-ethyl adjacent to an activating group) is 1. The quantitative estimate of drug-likeness (QED) is 0.0195. The fourth-order valence-corrected chi connectivity index (χ4v) is 9.24. The van der Waals surface area contributed by atoms with Gasteiger partial charge >= 0.3 is 11.9 Å². The minimum atomic E-state index is -1.62. The lowest BCUT2D eigenvalue weighted by Gasteiger charge is -2.26. The van der Waals surface area contributed by atoms with E-state index in [1.54, 1.807) is 0 Å². The Morgan fingerprint density at radius 2 is 0.760 bits per heavy atom. The van der Waals surface area contributed by atoms with Crippen LogP contribution in [0.1, 0.15) is 296 Å². The summed E-state index contributed by atoms with van der Waals surface area (Å²) in [6.07, 6.45) is 68.8. The molecule has 2 atom stereocenters.